The van der Waals surface area contributed by atoms with Crippen molar-refractivity contribution in [2.45, 2.75) is 32.9 Å². The molecule has 1 aliphatic heterocycles. The number of hydrogen-bond donors (Lipinski definition) is 2. The van der Waals surface area contributed by atoms with Crippen LogP contribution in [0, 0.1) is 5.92 Å². The number of aromatic nitrogens is 2. The summed E-state index contributed by atoms with van der Waals surface area (Å²) in [6.07, 6.45) is 3.91. The van der Waals surface area contributed by atoms with E-state index < -0.39 is 0 Å². The molecule has 0 bridgehead atoms. The fourth-order valence-corrected chi connectivity index (χ4v) is 2.11. The van der Waals surface area contributed by atoms with Gasteiger partial charge in [-0.1, -0.05) is 13.8 Å². The van der Waals surface area contributed by atoms with Crippen molar-refractivity contribution in [3.8, 4) is 0 Å². The molecule has 1 aromatic rings. The Morgan fingerprint density at radius 1 is 1.68 bits per heavy atom. The second kappa shape index (κ2) is 6.68. The van der Waals surface area contributed by atoms with Gasteiger partial charge in [-0.25, -0.2) is 4.98 Å². The zero-order valence-electron chi connectivity index (χ0n) is 11.6. The first-order valence-electron chi connectivity index (χ1n) is 6.78. The average Bonchev–Trinajstić information content (AvgIpc) is 2.77. The molecule has 6 heteroatoms. The van der Waals surface area contributed by atoms with Crippen LogP contribution >= 0.6 is 0 Å². The quantitative estimate of drug-likeness (QED) is 0.829. The third-order valence-corrected chi connectivity index (χ3v) is 2.95. The minimum atomic E-state index is -0.0510. The molecule has 6 nitrogen and oxygen atoms in total. The number of amides is 1. The number of morpholine rings is 1. The monoisotopic (exact) mass is 266 g/mol. The van der Waals surface area contributed by atoms with Crippen LogP contribution in [0.5, 0.6) is 0 Å². The molecule has 1 amide bonds. The molecule has 0 spiro atoms. The maximum absolute atomic E-state index is 11.9. The van der Waals surface area contributed by atoms with Gasteiger partial charge in [0.1, 0.15) is 0 Å². The van der Waals surface area contributed by atoms with E-state index in [4.69, 9.17) is 4.74 Å². The van der Waals surface area contributed by atoms with Gasteiger partial charge in [-0.2, -0.15) is 0 Å². The molecule has 0 aromatic carbocycles. The Labute approximate surface area is 113 Å². The number of anilines is 1. The van der Waals surface area contributed by atoms with Crippen molar-refractivity contribution in [1.82, 2.24) is 14.9 Å². The Morgan fingerprint density at radius 2 is 2.53 bits per heavy atom. The number of rotatable bonds is 5. The van der Waals surface area contributed by atoms with Crippen molar-refractivity contribution in [2.75, 3.05) is 25.0 Å². The molecule has 2 heterocycles. The summed E-state index contributed by atoms with van der Waals surface area (Å²) in [5.41, 5.74) is 0. The van der Waals surface area contributed by atoms with E-state index in [0.29, 0.717) is 24.9 Å². The van der Waals surface area contributed by atoms with E-state index in [1.807, 2.05) is 10.8 Å². The zero-order valence-corrected chi connectivity index (χ0v) is 11.6. The van der Waals surface area contributed by atoms with Crippen LogP contribution < -0.4 is 10.6 Å². The number of nitrogens with one attached hydrogen (secondary N) is 2. The van der Waals surface area contributed by atoms with Crippen LogP contribution in [0.4, 0.5) is 5.95 Å². The summed E-state index contributed by atoms with van der Waals surface area (Å²) in [6.45, 7) is 7.36. The summed E-state index contributed by atoms with van der Waals surface area (Å²) in [7, 11) is 0. The first-order valence-corrected chi connectivity index (χ1v) is 6.78. The fraction of sp³-hybridized carbons (Fsp3) is 0.692. The molecule has 1 saturated heterocycles. The van der Waals surface area contributed by atoms with E-state index >= 15 is 0 Å². The Bertz CT molecular complexity index is 411. The van der Waals surface area contributed by atoms with Crippen molar-refractivity contribution >= 4 is 11.9 Å². The number of carbonyl (C=O) groups is 1. The summed E-state index contributed by atoms with van der Waals surface area (Å²) in [6, 6.07) is 0. The molecule has 19 heavy (non-hydrogen) atoms. The van der Waals surface area contributed by atoms with Crippen LogP contribution in [0.1, 0.15) is 20.3 Å². The van der Waals surface area contributed by atoms with Crippen LogP contribution in [0.25, 0.3) is 0 Å². The van der Waals surface area contributed by atoms with Crippen molar-refractivity contribution < 1.29 is 9.53 Å². The van der Waals surface area contributed by atoms with Gasteiger partial charge in [0.05, 0.1) is 19.1 Å². The number of imidazole rings is 1. The fourth-order valence-electron chi connectivity index (χ4n) is 2.11. The Hall–Kier alpha value is -1.40. The standard InChI is InChI=1S/C13H22N4O2/c1-10(2)9-17-5-3-15-13(17)16-12(18)7-11-8-14-4-6-19-11/h3,5,10-11,14H,4,6-9H2,1-2H3,(H,15,16,18). The first kappa shape index (κ1) is 14.0. The van der Waals surface area contributed by atoms with Gasteiger partial charge >= 0.3 is 0 Å². The highest BCUT2D eigenvalue weighted by Crippen LogP contribution is 2.10. The summed E-state index contributed by atoms with van der Waals surface area (Å²) in [4.78, 5) is 16.1. The molecule has 106 valence electrons. The van der Waals surface area contributed by atoms with Crippen molar-refractivity contribution in [3.63, 3.8) is 0 Å². The topological polar surface area (TPSA) is 68.2 Å². The first-order chi connectivity index (χ1) is 9.15. The van der Waals surface area contributed by atoms with Crippen LogP contribution in [-0.4, -0.2) is 41.3 Å². The molecular formula is C13H22N4O2. The van der Waals surface area contributed by atoms with Crippen LogP contribution in [0.15, 0.2) is 12.4 Å². The third kappa shape index (κ3) is 4.33. The summed E-state index contributed by atoms with van der Waals surface area (Å²) >= 11 is 0. The van der Waals surface area contributed by atoms with E-state index in [1.54, 1.807) is 6.20 Å². The third-order valence-electron chi connectivity index (χ3n) is 2.95. The van der Waals surface area contributed by atoms with E-state index in [2.05, 4.69) is 29.5 Å². The highest BCUT2D eigenvalue weighted by Gasteiger charge is 2.18. The summed E-state index contributed by atoms with van der Waals surface area (Å²) in [5, 5.41) is 6.06. The molecule has 1 fully saturated rings. The largest absolute Gasteiger partial charge is 0.375 e. The highest BCUT2D eigenvalue weighted by molar-refractivity contribution is 5.89. The number of carbonyl (C=O) groups excluding carboxylic acids is 1. The van der Waals surface area contributed by atoms with Crippen LogP contribution in [0.2, 0.25) is 0 Å². The lowest BCUT2D eigenvalue weighted by Crippen LogP contribution is -2.40. The van der Waals surface area contributed by atoms with Gasteiger partial charge in [0.15, 0.2) is 0 Å². The molecule has 0 aliphatic carbocycles. The maximum Gasteiger partial charge on any atom is 0.229 e. The number of ether oxygens (including phenoxy) is 1. The second-order valence-corrected chi connectivity index (χ2v) is 5.25. The Morgan fingerprint density at radius 3 is 3.21 bits per heavy atom. The molecule has 0 radical (unpaired) electrons. The van der Waals surface area contributed by atoms with E-state index in [9.17, 15) is 4.79 Å². The Balaban J connectivity index is 1.86. The predicted octanol–water partition coefficient (Wildman–Crippen LogP) is 0.856. The molecule has 1 aliphatic rings. The van der Waals surface area contributed by atoms with Crippen LogP contribution in [0.3, 0.4) is 0 Å². The summed E-state index contributed by atoms with van der Waals surface area (Å²) in [5.74, 6) is 1.07. The van der Waals surface area contributed by atoms with E-state index in [-0.39, 0.29) is 12.0 Å². The van der Waals surface area contributed by atoms with Gasteiger partial charge in [0.2, 0.25) is 11.9 Å². The van der Waals surface area contributed by atoms with Gasteiger partial charge in [-0.05, 0) is 5.92 Å². The number of nitrogens with zero attached hydrogens (tertiary/aromatic N) is 2. The lowest BCUT2D eigenvalue weighted by Gasteiger charge is -2.23. The molecule has 2 rings (SSSR count). The normalized spacial score (nSPS) is 19.6. The molecule has 1 aromatic heterocycles. The zero-order chi connectivity index (χ0) is 13.7. The molecule has 2 N–H and O–H groups in total. The predicted molar refractivity (Wildman–Crippen MR) is 72.9 cm³/mol. The SMILES string of the molecule is CC(C)Cn1ccnc1NC(=O)CC1CNCCO1. The lowest BCUT2D eigenvalue weighted by molar-refractivity contribution is -0.119. The average molecular weight is 266 g/mol. The van der Waals surface area contributed by atoms with Crippen molar-refractivity contribution in [3.05, 3.63) is 12.4 Å². The smallest absolute Gasteiger partial charge is 0.229 e. The summed E-state index contributed by atoms with van der Waals surface area (Å²) < 4.78 is 7.47. The molecule has 0 saturated carbocycles. The lowest BCUT2D eigenvalue weighted by atomic mass is 10.2. The molecular weight excluding hydrogens is 244 g/mol. The minimum Gasteiger partial charge on any atom is -0.375 e. The number of hydrogen-bond acceptors (Lipinski definition) is 4. The van der Waals surface area contributed by atoms with Crippen LogP contribution in [-0.2, 0) is 16.1 Å². The van der Waals surface area contributed by atoms with Crippen molar-refractivity contribution in [2.24, 2.45) is 5.92 Å². The van der Waals surface area contributed by atoms with E-state index in [0.717, 1.165) is 19.6 Å². The molecule has 1 unspecified atom stereocenters. The van der Waals surface area contributed by atoms with Gasteiger partial charge in [0, 0.05) is 32.0 Å². The Kier molecular flexibility index (Phi) is 4.93. The highest BCUT2D eigenvalue weighted by atomic mass is 16.5. The second-order valence-electron chi connectivity index (χ2n) is 5.25. The maximum atomic E-state index is 11.9. The van der Waals surface area contributed by atoms with Gasteiger partial charge < -0.3 is 14.6 Å². The van der Waals surface area contributed by atoms with E-state index in [1.165, 1.54) is 0 Å². The van der Waals surface area contributed by atoms with Gasteiger partial charge in [-0.15, -0.1) is 0 Å². The van der Waals surface area contributed by atoms with Crippen molar-refractivity contribution in [1.29, 1.82) is 0 Å². The van der Waals surface area contributed by atoms with Gasteiger partial charge in [-0.3, -0.25) is 10.1 Å². The van der Waals surface area contributed by atoms with Gasteiger partial charge in [0.25, 0.3) is 0 Å². The molecule has 1 atom stereocenters. The minimum absolute atomic E-state index is 0.0396.